The van der Waals surface area contributed by atoms with E-state index in [-0.39, 0.29) is 96.5 Å². The molecule has 0 saturated carbocycles. The van der Waals surface area contributed by atoms with Crippen molar-refractivity contribution in [3.8, 4) is 22.4 Å². The molecule has 3 heterocycles. The number of Topliss-reactive ketones (excluding diaryl/α,β-unsaturated/α-hetero) is 1. The van der Waals surface area contributed by atoms with Crippen LogP contribution < -0.4 is 67.7 Å². The van der Waals surface area contributed by atoms with Gasteiger partial charge in [0.2, 0.25) is 0 Å². The monoisotopic (exact) mass is 500 g/mol. The van der Waals surface area contributed by atoms with Gasteiger partial charge < -0.3 is 25.8 Å². The zero-order chi connectivity index (χ0) is 23.2. The van der Waals surface area contributed by atoms with Gasteiger partial charge in [0.25, 0.3) is 7.82 Å². The van der Waals surface area contributed by atoms with E-state index < -0.39 is 20.4 Å². The second-order valence-corrected chi connectivity index (χ2v) is 7.96. The third-order valence-electron chi connectivity index (χ3n) is 4.59. The molecule has 0 amide bonds. The number of nitrogen functional groups attached to an aromatic ring is 2. The summed E-state index contributed by atoms with van der Waals surface area (Å²) >= 11 is 0. The van der Waals surface area contributed by atoms with E-state index in [1.54, 1.807) is 0 Å². The van der Waals surface area contributed by atoms with Crippen molar-refractivity contribution in [3.05, 3.63) is 42.1 Å². The number of anilines is 2. The van der Waals surface area contributed by atoms with Gasteiger partial charge in [-0.1, -0.05) is 5.16 Å². The first-order valence-corrected chi connectivity index (χ1v) is 10.4. The molecular weight excluding hydrogens is 485 g/mol. The number of hydrogen-bond acceptors (Lipinski definition) is 10. The normalized spacial score (nSPS) is 13.0. The van der Waals surface area contributed by atoms with Crippen LogP contribution in [0.2, 0.25) is 0 Å². The largest absolute Gasteiger partial charge is 1.00 e. The second kappa shape index (κ2) is 9.70. The zero-order valence-corrected chi connectivity index (χ0v) is 21.4. The molecule has 4 rings (SSSR count). The van der Waals surface area contributed by atoms with Crippen molar-refractivity contribution in [1.29, 1.82) is 0 Å². The smallest absolute Gasteiger partial charge is 0.756 e. The van der Waals surface area contributed by atoms with E-state index in [2.05, 4.69) is 19.8 Å². The third-order valence-corrected chi connectivity index (χ3v) is 5.04. The van der Waals surface area contributed by atoms with Crippen LogP contribution in [0.4, 0.5) is 15.9 Å². The average Bonchev–Trinajstić information content (AvgIpc) is 3.33. The summed E-state index contributed by atoms with van der Waals surface area (Å²) < 4.78 is 36.2. The molecule has 12 nitrogen and oxygen atoms in total. The van der Waals surface area contributed by atoms with Gasteiger partial charge in [-0.3, -0.25) is 18.9 Å². The van der Waals surface area contributed by atoms with Gasteiger partial charge in [0.15, 0.2) is 17.2 Å². The van der Waals surface area contributed by atoms with Crippen LogP contribution in [0.25, 0.3) is 33.4 Å². The maximum absolute atomic E-state index is 14.7. The average molecular weight is 500 g/mol. The van der Waals surface area contributed by atoms with Crippen LogP contribution in [0, 0.1) is 5.82 Å². The van der Waals surface area contributed by atoms with Gasteiger partial charge in [0, 0.05) is 40.3 Å². The number of rotatable bonds is 6. The van der Waals surface area contributed by atoms with Gasteiger partial charge in [-0.15, -0.1) is 0 Å². The van der Waals surface area contributed by atoms with E-state index in [1.165, 1.54) is 31.6 Å². The maximum atomic E-state index is 14.7. The summed E-state index contributed by atoms with van der Waals surface area (Å²) in [5, 5.41) is 7.86. The Kier molecular flexibility index (Phi) is 7.53. The molecule has 5 N–H and O–H groups in total. The Morgan fingerprint density at radius 3 is 2.73 bits per heavy atom. The number of nitrogens with zero attached hydrogens (tertiary/aromatic N) is 4. The minimum atomic E-state index is -4.93. The molecule has 15 heteroatoms. The van der Waals surface area contributed by atoms with Crippen LogP contribution in [0.1, 0.15) is 17.3 Å². The molecule has 1 aromatic carbocycles. The van der Waals surface area contributed by atoms with Crippen molar-refractivity contribution in [2.75, 3.05) is 11.5 Å². The van der Waals surface area contributed by atoms with Gasteiger partial charge >= 0.3 is 51.4 Å². The van der Waals surface area contributed by atoms with Crippen LogP contribution in [0.3, 0.4) is 0 Å². The number of hydrogen-bond donors (Lipinski definition) is 3. The quantitative estimate of drug-likeness (QED) is 0.123. The Hall–Kier alpha value is -2.00. The molecule has 0 bridgehead atoms. The number of carbonyl (C=O) groups excluding carboxylic acids is 1. The number of carbonyl (C=O) groups is 1. The third kappa shape index (κ3) is 5.24. The Morgan fingerprint density at radius 1 is 1.33 bits per heavy atom. The molecule has 0 radical (unpaired) electrons. The van der Waals surface area contributed by atoms with Crippen molar-refractivity contribution >= 4 is 36.1 Å². The fourth-order valence-electron chi connectivity index (χ4n) is 3.16. The summed E-state index contributed by atoms with van der Waals surface area (Å²) in [6.45, 7) is 0.742. The van der Waals surface area contributed by atoms with E-state index >= 15 is 0 Å². The van der Waals surface area contributed by atoms with Gasteiger partial charge in [-0.05, 0) is 19.1 Å². The minimum Gasteiger partial charge on any atom is -0.756 e. The van der Waals surface area contributed by atoms with Crippen molar-refractivity contribution in [3.63, 3.8) is 0 Å². The van der Waals surface area contributed by atoms with E-state index in [0.717, 1.165) is 10.7 Å². The number of phosphoric acid groups is 1. The molecule has 3 aromatic heterocycles. The van der Waals surface area contributed by atoms with Crippen LogP contribution >= 0.6 is 7.82 Å². The topological polar surface area (TPSA) is 195 Å². The molecule has 0 saturated heterocycles. The van der Waals surface area contributed by atoms with Crippen LogP contribution in [0.5, 0.6) is 0 Å². The molecule has 4 aromatic rings. The van der Waals surface area contributed by atoms with Gasteiger partial charge in [-0.25, -0.2) is 9.07 Å². The number of benzene rings is 1. The fraction of sp³-hybridized carbons (Fsp3) is 0.111. The molecular formula is C18H15FKN6O6P. The van der Waals surface area contributed by atoms with E-state index in [1.807, 2.05) is 0 Å². The SMILES string of the molecule is CC(=O)c1cc(-c2ncc(-c3cnn(COP(=O)([O-])O)c3)c3onc(N)c23)c(F)cc1N.[K+]. The summed E-state index contributed by atoms with van der Waals surface area (Å²) in [4.78, 5) is 35.6. The predicted octanol–water partition coefficient (Wildman–Crippen LogP) is -1.30. The Balaban J connectivity index is 0.00000306. The number of phosphoric ester groups is 1. The Bertz CT molecular complexity index is 1420. The summed E-state index contributed by atoms with van der Waals surface area (Å²) in [5.41, 5.74) is 12.8. The summed E-state index contributed by atoms with van der Waals surface area (Å²) in [5.74, 6) is -1.13. The van der Waals surface area contributed by atoms with Gasteiger partial charge in [-0.2, -0.15) is 5.10 Å². The minimum absolute atomic E-state index is 0. The number of halogens is 1. The van der Waals surface area contributed by atoms with E-state index in [4.69, 9.17) is 20.9 Å². The molecule has 33 heavy (non-hydrogen) atoms. The number of pyridine rings is 1. The van der Waals surface area contributed by atoms with E-state index in [9.17, 15) is 18.6 Å². The number of nitrogens with two attached hydrogens (primary N) is 2. The van der Waals surface area contributed by atoms with Gasteiger partial charge in [0.05, 0.1) is 17.3 Å². The first-order valence-electron chi connectivity index (χ1n) is 8.90. The number of aromatic nitrogens is 4. The van der Waals surface area contributed by atoms with Gasteiger partial charge in [0.1, 0.15) is 12.5 Å². The van der Waals surface area contributed by atoms with Crippen LogP contribution in [-0.4, -0.2) is 30.6 Å². The Labute approximate surface area is 227 Å². The molecule has 0 spiro atoms. The fourth-order valence-corrected chi connectivity index (χ4v) is 3.42. The predicted molar refractivity (Wildman–Crippen MR) is 108 cm³/mol. The van der Waals surface area contributed by atoms with Crippen LogP contribution in [0.15, 0.2) is 35.2 Å². The molecule has 0 aliphatic heterocycles. The first kappa shape index (κ1) is 25.6. The molecule has 166 valence electrons. The van der Waals surface area contributed by atoms with Crippen LogP contribution in [-0.2, 0) is 15.8 Å². The summed E-state index contributed by atoms with van der Waals surface area (Å²) in [6.07, 6.45) is 4.13. The summed E-state index contributed by atoms with van der Waals surface area (Å²) in [7, 11) is -4.93. The van der Waals surface area contributed by atoms with E-state index in [0.29, 0.717) is 11.1 Å². The zero-order valence-electron chi connectivity index (χ0n) is 17.4. The summed E-state index contributed by atoms with van der Waals surface area (Å²) in [6, 6.07) is 2.31. The molecule has 0 fully saturated rings. The van der Waals surface area contributed by atoms with Crippen molar-refractivity contribution < 1.29 is 84.0 Å². The van der Waals surface area contributed by atoms with Crippen molar-refractivity contribution in [1.82, 2.24) is 19.9 Å². The number of ketones is 1. The second-order valence-electron chi connectivity index (χ2n) is 6.76. The molecule has 0 aliphatic rings. The molecule has 1 unspecified atom stereocenters. The van der Waals surface area contributed by atoms with Crippen molar-refractivity contribution in [2.24, 2.45) is 0 Å². The first-order chi connectivity index (χ1) is 15.0. The Morgan fingerprint density at radius 2 is 2.06 bits per heavy atom. The molecule has 0 aliphatic carbocycles. The number of fused-ring (bicyclic) bond motifs is 1. The molecule has 1 atom stereocenters. The van der Waals surface area contributed by atoms with Crippen molar-refractivity contribution in [2.45, 2.75) is 13.7 Å². The maximum Gasteiger partial charge on any atom is 1.00 e. The standard InChI is InChI=1S/C18H16FN6O6P.K/c1-8(26)10-2-11(13(19)3-14(10)20)16-15-17(31-24-18(15)21)12(5-22-16)9-4-23-25(6-9)7-30-32(27,28)29;/h2-6H,7,20H2,1H3,(H2,21,24)(H2,27,28,29);/q;+1/p-1.